The van der Waals surface area contributed by atoms with E-state index >= 15 is 0 Å². The monoisotopic (exact) mass is 268 g/mol. The Bertz CT molecular complexity index is 473. The standard InChI is InChI=1S/C11H16N4O4/c1-15-6-12-14-11(15)13-10(18)7-4-8(19-5-7)2-3-9(16)17/h6-8H,2-5H2,1H3,(H,16,17)(H,13,14,18). The number of hydrogen-bond acceptors (Lipinski definition) is 5. The van der Waals surface area contributed by atoms with E-state index in [-0.39, 0.29) is 24.3 Å². The fourth-order valence-corrected chi connectivity index (χ4v) is 1.98. The number of carbonyl (C=O) groups excluding carboxylic acids is 1. The molecule has 1 aliphatic rings. The van der Waals surface area contributed by atoms with Crippen LogP contribution in [0.15, 0.2) is 6.33 Å². The number of nitrogens with one attached hydrogen (secondary N) is 1. The van der Waals surface area contributed by atoms with Crippen molar-refractivity contribution in [3.63, 3.8) is 0 Å². The Labute approximate surface area is 109 Å². The minimum absolute atomic E-state index is 0.0578. The zero-order valence-corrected chi connectivity index (χ0v) is 10.6. The van der Waals surface area contributed by atoms with Gasteiger partial charge >= 0.3 is 5.97 Å². The first-order chi connectivity index (χ1) is 9.06. The summed E-state index contributed by atoms with van der Waals surface area (Å²) in [7, 11) is 1.73. The molecule has 1 fully saturated rings. The van der Waals surface area contributed by atoms with E-state index in [1.807, 2.05) is 0 Å². The molecule has 8 heteroatoms. The quantitative estimate of drug-likeness (QED) is 0.780. The molecule has 104 valence electrons. The number of aromatic nitrogens is 3. The second-order valence-electron chi connectivity index (χ2n) is 4.58. The van der Waals surface area contributed by atoms with Crippen molar-refractivity contribution in [2.45, 2.75) is 25.4 Å². The van der Waals surface area contributed by atoms with E-state index in [9.17, 15) is 9.59 Å². The van der Waals surface area contributed by atoms with Gasteiger partial charge in [-0.2, -0.15) is 0 Å². The maximum atomic E-state index is 12.0. The van der Waals surface area contributed by atoms with Gasteiger partial charge in [-0.3, -0.25) is 14.9 Å². The van der Waals surface area contributed by atoms with Crippen molar-refractivity contribution in [1.29, 1.82) is 0 Å². The van der Waals surface area contributed by atoms with Crippen LogP contribution in [0, 0.1) is 5.92 Å². The third-order valence-corrected chi connectivity index (χ3v) is 3.08. The van der Waals surface area contributed by atoms with Crippen LogP contribution in [0.2, 0.25) is 0 Å². The first-order valence-corrected chi connectivity index (χ1v) is 6.04. The smallest absolute Gasteiger partial charge is 0.303 e. The van der Waals surface area contributed by atoms with Gasteiger partial charge in [0.1, 0.15) is 6.33 Å². The minimum atomic E-state index is -0.851. The number of carboxylic acids is 1. The highest BCUT2D eigenvalue weighted by Crippen LogP contribution is 2.24. The Hall–Kier alpha value is -1.96. The molecule has 1 amide bonds. The molecule has 1 aromatic rings. The SMILES string of the molecule is Cn1cnnc1NC(=O)C1COC(CCC(=O)O)C1. The van der Waals surface area contributed by atoms with Gasteiger partial charge < -0.3 is 14.4 Å². The Balaban J connectivity index is 1.82. The zero-order valence-electron chi connectivity index (χ0n) is 10.6. The summed E-state index contributed by atoms with van der Waals surface area (Å²) in [5.74, 6) is -0.904. The van der Waals surface area contributed by atoms with Crippen molar-refractivity contribution < 1.29 is 19.4 Å². The Morgan fingerprint density at radius 2 is 2.42 bits per heavy atom. The molecule has 1 saturated heterocycles. The second kappa shape index (κ2) is 5.79. The maximum absolute atomic E-state index is 12.0. The second-order valence-corrected chi connectivity index (χ2v) is 4.58. The maximum Gasteiger partial charge on any atom is 0.303 e. The van der Waals surface area contributed by atoms with Crippen LogP contribution in [0.25, 0.3) is 0 Å². The lowest BCUT2D eigenvalue weighted by atomic mass is 10.0. The zero-order chi connectivity index (χ0) is 13.8. The Kier molecular flexibility index (Phi) is 4.10. The van der Waals surface area contributed by atoms with E-state index in [0.717, 1.165) is 0 Å². The van der Waals surface area contributed by atoms with Crippen LogP contribution in [0.3, 0.4) is 0 Å². The van der Waals surface area contributed by atoms with Crippen molar-refractivity contribution in [1.82, 2.24) is 14.8 Å². The van der Waals surface area contributed by atoms with E-state index < -0.39 is 5.97 Å². The number of rotatable bonds is 5. The highest BCUT2D eigenvalue weighted by molar-refractivity contribution is 5.91. The molecule has 2 rings (SSSR count). The largest absolute Gasteiger partial charge is 0.481 e. The number of carbonyl (C=O) groups is 2. The molecule has 0 radical (unpaired) electrons. The average Bonchev–Trinajstić information content (AvgIpc) is 2.97. The lowest BCUT2D eigenvalue weighted by Gasteiger charge is -2.08. The number of carboxylic acid groups (broad SMARTS) is 1. The summed E-state index contributed by atoms with van der Waals surface area (Å²) in [6.07, 6.45) is 2.37. The number of aliphatic carboxylic acids is 1. The van der Waals surface area contributed by atoms with Gasteiger partial charge in [0, 0.05) is 13.5 Å². The summed E-state index contributed by atoms with van der Waals surface area (Å²) in [5.41, 5.74) is 0. The average molecular weight is 268 g/mol. The van der Waals surface area contributed by atoms with Gasteiger partial charge in [0.2, 0.25) is 11.9 Å². The summed E-state index contributed by atoms with van der Waals surface area (Å²) in [4.78, 5) is 22.4. The predicted molar refractivity (Wildman–Crippen MR) is 64.3 cm³/mol. The molecule has 1 aromatic heterocycles. The molecular weight excluding hydrogens is 252 g/mol. The van der Waals surface area contributed by atoms with Gasteiger partial charge in [-0.25, -0.2) is 0 Å². The molecule has 2 atom stereocenters. The normalized spacial score (nSPS) is 22.4. The van der Waals surface area contributed by atoms with Crippen molar-refractivity contribution in [3.05, 3.63) is 6.33 Å². The summed E-state index contributed by atoms with van der Waals surface area (Å²) in [5, 5.41) is 18.7. The highest BCUT2D eigenvalue weighted by Gasteiger charge is 2.31. The molecule has 8 nitrogen and oxygen atoms in total. The molecule has 0 spiro atoms. The lowest BCUT2D eigenvalue weighted by molar-refractivity contribution is -0.137. The number of hydrogen-bond donors (Lipinski definition) is 2. The van der Waals surface area contributed by atoms with Crippen LogP contribution in [0.1, 0.15) is 19.3 Å². The van der Waals surface area contributed by atoms with Crippen molar-refractivity contribution in [3.8, 4) is 0 Å². The van der Waals surface area contributed by atoms with Gasteiger partial charge in [0.25, 0.3) is 0 Å². The molecule has 0 bridgehead atoms. The molecular formula is C11H16N4O4. The van der Waals surface area contributed by atoms with E-state index in [4.69, 9.17) is 9.84 Å². The molecule has 1 aliphatic heterocycles. The summed E-state index contributed by atoms with van der Waals surface area (Å²) in [6, 6.07) is 0. The van der Waals surface area contributed by atoms with Crippen LogP contribution in [0.4, 0.5) is 5.95 Å². The van der Waals surface area contributed by atoms with Gasteiger partial charge in [-0.15, -0.1) is 10.2 Å². The molecule has 2 heterocycles. The molecule has 0 saturated carbocycles. The van der Waals surface area contributed by atoms with E-state index in [1.165, 1.54) is 6.33 Å². The van der Waals surface area contributed by atoms with Crippen LogP contribution in [0.5, 0.6) is 0 Å². The molecule has 2 unspecified atom stereocenters. The number of ether oxygens (including phenoxy) is 1. The van der Waals surface area contributed by atoms with Crippen molar-refractivity contribution in [2.75, 3.05) is 11.9 Å². The lowest BCUT2D eigenvalue weighted by Crippen LogP contribution is -2.24. The molecule has 2 N–H and O–H groups in total. The third-order valence-electron chi connectivity index (χ3n) is 3.08. The predicted octanol–water partition coefficient (Wildman–Crippen LogP) is 0.0235. The Morgan fingerprint density at radius 1 is 1.63 bits per heavy atom. The van der Waals surface area contributed by atoms with Gasteiger partial charge in [0.15, 0.2) is 0 Å². The number of nitrogens with zero attached hydrogens (tertiary/aromatic N) is 3. The van der Waals surface area contributed by atoms with Crippen LogP contribution in [-0.4, -0.2) is 44.5 Å². The topological polar surface area (TPSA) is 106 Å². The van der Waals surface area contributed by atoms with Gasteiger partial charge in [-0.05, 0) is 12.8 Å². The van der Waals surface area contributed by atoms with Crippen LogP contribution >= 0.6 is 0 Å². The van der Waals surface area contributed by atoms with E-state index in [1.54, 1.807) is 11.6 Å². The number of amides is 1. The summed E-state index contributed by atoms with van der Waals surface area (Å²) in [6.45, 7) is 0.313. The first-order valence-electron chi connectivity index (χ1n) is 6.04. The number of aryl methyl sites for hydroxylation is 1. The molecule has 19 heavy (non-hydrogen) atoms. The Morgan fingerprint density at radius 3 is 3.05 bits per heavy atom. The van der Waals surface area contributed by atoms with Crippen molar-refractivity contribution >= 4 is 17.8 Å². The molecule has 0 aliphatic carbocycles. The molecule has 0 aromatic carbocycles. The third kappa shape index (κ3) is 3.50. The number of anilines is 1. The fraction of sp³-hybridized carbons (Fsp3) is 0.636. The van der Waals surface area contributed by atoms with Gasteiger partial charge in [-0.1, -0.05) is 0 Å². The summed E-state index contributed by atoms with van der Waals surface area (Å²) < 4.78 is 7.03. The first kappa shape index (κ1) is 13.5. The van der Waals surface area contributed by atoms with Gasteiger partial charge in [0.05, 0.1) is 18.6 Å². The van der Waals surface area contributed by atoms with E-state index in [0.29, 0.717) is 25.4 Å². The highest BCUT2D eigenvalue weighted by atomic mass is 16.5. The minimum Gasteiger partial charge on any atom is -0.481 e. The van der Waals surface area contributed by atoms with E-state index in [2.05, 4.69) is 15.5 Å². The summed E-state index contributed by atoms with van der Waals surface area (Å²) >= 11 is 0. The van der Waals surface area contributed by atoms with Crippen LogP contribution < -0.4 is 5.32 Å². The fourth-order valence-electron chi connectivity index (χ4n) is 1.98. The van der Waals surface area contributed by atoms with Crippen molar-refractivity contribution in [2.24, 2.45) is 13.0 Å². The van der Waals surface area contributed by atoms with Crippen LogP contribution in [-0.2, 0) is 21.4 Å².